The molecule has 1 aromatic heterocycles. The molecule has 0 radical (unpaired) electrons. The summed E-state index contributed by atoms with van der Waals surface area (Å²) in [6, 6.07) is 11.0. The summed E-state index contributed by atoms with van der Waals surface area (Å²) in [7, 11) is 1.54. The summed E-state index contributed by atoms with van der Waals surface area (Å²) in [6.45, 7) is 5.14. The predicted octanol–water partition coefficient (Wildman–Crippen LogP) is 4.25. The first-order valence-electron chi connectivity index (χ1n) is 10.3. The average Bonchev–Trinajstić information content (AvgIpc) is 3.41. The molecule has 168 valence electrons. The van der Waals surface area contributed by atoms with Gasteiger partial charge in [-0.3, -0.25) is 4.79 Å². The molecule has 0 fully saturated rings. The van der Waals surface area contributed by atoms with Crippen LogP contribution in [0.5, 0.6) is 23.0 Å². The zero-order chi connectivity index (χ0) is 22.6. The summed E-state index contributed by atoms with van der Waals surface area (Å²) in [5.74, 6) is 2.33. The molecular formula is C24H26N2O5S. The Bertz CT molecular complexity index is 1080. The third-order valence-electron chi connectivity index (χ3n) is 4.98. The summed E-state index contributed by atoms with van der Waals surface area (Å²) in [6.07, 6.45) is 0.849. The van der Waals surface area contributed by atoms with E-state index in [-0.39, 0.29) is 11.5 Å². The van der Waals surface area contributed by atoms with Crippen molar-refractivity contribution in [1.29, 1.82) is 0 Å². The van der Waals surface area contributed by atoms with E-state index in [0.717, 1.165) is 23.4 Å². The van der Waals surface area contributed by atoms with Crippen molar-refractivity contribution in [3.05, 3.63) is 64.1 Å². The lowest BCUT2D eigenvalue weighted by molar-refractivity contribution is 0.0945. The second-order valence-electron chi connectivity index (χ2n) is 8.02. The second-order valence-corrected chi connectivity index (χ2v) is 8.74. The monoisotopic (exact) mass is 454 g/mol. The van der Waals surface area contributed by atoms with Gasteiger partial charge in [0.05, 0.1) is 24.9 Å². The molecule has 2 aromatic carbocycles. The largest absolute Gasteiger partial charge is 0.493 e. The molecule has 0 atom stereocenters. The van der Waals surface area contributed by atoms with Crippen molar-refractivity contribution in [3.8, 4) is 23.0 Å². The Kier molecular flexibility index (Phi) is 6.50. The zero-order valence-corrected chi connectivity index (χ0v) is 19.2. The zero-order valence-electron chi connectivity index (χ0n) is 18.3. The van der Waals surface area contributed by atoms with E-state index in [4.69, 9.17) is 18.9 Å². The second kappa shape index (κ2) is 9.48. The van der Waals surface area contributed by atoms with Gasteiger partial charge in [0.1, 0.15) is 18.8 Å². The normalized spacial score (nSPS) is 13.7. The number of nitrogens with one attached hydrogen (secondary N) is 1. The molecule has 1 aliphatic rings. The van der Waals surface area contributed by atoms with Crippen LogP contribution in [0.3, 0.4) is 0 Å². The van der Waals surface area contributed by atoms with Gasteiger partial charge < -0.3 is 24.3 Å². The van der Waals surface area contributed by atoms with Crippen LogP contribution in [-0.4, -0.2) is 36.8 Å². The van der Waals surface area contributed by atoms with Crippen LogP contribution in [0.15, 0.2) is 47.3 Å². The van der Waals surface area contributed by atoms with E-state index in [1.54, 1.807) is 30.8 Å². The maximum atomic E-state index is 12.6. The number of fused-ring (bicyclic) bond motifs is 1. The smallest absolute Gasteiger partial charge is 0.251 e. The summed E-state index contributed by atoms with van der Waals surface area (Å²) in [5.41, 5.74) is 3.99. The molecule has 0 aliphatic carbocycles. The number of benzene rings is 2. The minimum Gasteiger partial charge on any atom is -0.493 e. The summed E-state index contributed by atoms with van der Waals surface area (Å²) in [4.78, 5) is 16.7. The maximum absolute atomic E-state index is 12.6. The summed E-state index contributed by atoms with van der Waals surface area (Å²) in [5, 5.41) is 4.79. The number of methoxy groups -OCH3 is 1. The highest BCUT2D eigenvalue weighted by Gasteiger charge is 2.32. The van der Waals surface area contributed by atoms with Gasteiger partial charge in [-0.1, -0.05) is 12.1 Å². The van der Waals surface area contributed by atoms with Crippen molar-refractivity contribution in [1.82, 2.24) is 10.3 Å². The molecule has 32 heavy (non-hydrogen) atoms. The van der Waals surface area contributed by atoms with Gasteiger partial charge >= 0.3 is 0 Å². The van der Waals surface area contributed by atoms with Crippen LogP contribution in [0.1, 0.15) is 35.5 Å². The van der Waals surface area contributed by atoms with Crippen LogP contribution >= 0.6 is 11.3 Å². The van der Waals surface area contributed by atoms with E-state index in [0.29, 0.717) is 42.6 Å². The standard InChI is InChI=1S/C24H26N2O5S/c1-24(2)12-17-5-4-6-20(22(17)31-24)29-10-9-25-23(27)16-7-8-19(21(11-16)28-3)30-13-18-14-32-15-26-18/h4-8,11,14-15H,9-10,12-13H2,1-3H3,(H,25,27). The van der Waals surface area contributed by atoms with Gasteiger partial charge in [0, 0.05) is 22.9 Å². The van der Waals surface area contributed by atoms with Crippen LogP contribution < -0.4 is 24.3 Å². The number of amides is 1. The van der Waals surface area contributed by atoms with Gasteiger partial charge in [-0.05, 0) is 38.1 Å². The lowest BCUT2D eigenvalue weighted by Gasteiger charge is -2.18. The fourth-order valence-corrected chi connectivity index (χ4v) is 4.06. The molecule has 1 aliphatic heterocycles. The fraction of sp³-hybridized carbons (Fsp3) is 0.333. The molecule has 8 heteroatoms. The van der Waals surface area contributed by atoms with Crippen LogP contribution in [-0.2, 0) is 13.0 Å². The van der Waals surface area contributed by atoms with Crippen LogP contribution in [0.25, 0.3) is 0 Å². The number of para-hydroxylation sites is 1. The lowest BCUT2D eigenvalue weighted by Crippen LogP contribution is -2.28. The van der Waals surface area contributed by atoms with E-state index >= 15 is 0 Å². The van der Waals surface area contributed by atoms with E-state index < -0.39 is 0 Å². The highest BCUT2D eigenvalue weighted by molar-refractivity contribution is 7.07. The number of hydrogen-bond acceptors (Lipinski definition) is 7. The minimum atomic E-state index is -0.231. The summed E-state index contributed by atoms with van der Waals surface area (Å²) < 4.78 is 23.0. The first kappa shape index (κ1) is 22.0. The molecule has 0 saturated heterocycles. The molecule has 2 heterocycles. The van der Waals surface area contributed by atoms with Gasteiger partial charge in [-0.15, -0.1) is 11.3 Å². The number of thiazole rings is 1. The number of rotatable bonds is 9. The van der Waals surface area contributed by atoms with Gasteiger partial charge in [0.15, 0.2) is 23.0 Å². The van der Waals surface area contributed by atoms with Crippen molar-refractivity contribution in [2.75, 3.05) is 20.3 Å². The van der Waals surface area contributed by atoms with E-state index in [1.807, 2.05) is 17.5 Å². The Morgan fingerprint density at radius 3 is 2.84 bits per heavy atom. The molecule has 7 nitrogen and oxygen atoms in total. The molecule has 1 amide bonds. The molecular weight excluding hydrogens is 428 g/mol. The SMILES string of the molecule is COc1cc(C(=O)NCCOc2cccc3c2OC(C)(C)C3)ccc1OCc1cscn1. The van der Waals surface area contributed by atoms with Crippen molar-refractivity contribution in [2.45, 2.75) is 32.5 Å². The van der Waals surface area contributed by atoms with E-state index in [9.17, 15) is 4.79 Å². The van der Waals surface area contributed by atoms with Gasteiger partial charge in [0.25, 0.3) is 5.91 Å². The maximum Gasteiger partial charge on any atom is 0.251 e. The quantitative estimate of drug-likeness (QED) is 0.487. The average molecular weight is 455 g/mol. The van der Waals surface area contributed by atoms with E-state index in [1.165, 1.54) is 11.3 Å². The molecule has 0 bridgehead atoms. The van der Waals surface area contributed by atoms with Crippen molar-refractivity contribution < 1.29 is 23.7 Å². The van der Waals surface area contributed by atoms with E-state index in [2.05, 4.69) is 30.2 Å². The van der Waals surface area contributed by atoms with Crippen LogP contribution in [0.4, 0.5) is 0 Å². The molecule has 1 N–H and O–H groups in total. The van der Waals surface area contributed by atoms with Crippen molar-refractivity contribution in [3.63, 3.8) is 0 Å². The Morgan fingerprint density at radius 2 is 2.06 bits per heavy atom. The third kappa shape index (κ3) is 5.13. The van der Waals surface area contributed by atoms with Gasteiger partial charge in [-0.2, -0.15) is 0 Å². The Hall–Kier alpha value is -3.26. The Morgan fingerprint density at radius 1 is 1.19 bits per heavy atom. The highest BCUT2D eigenvalue weighted by Crippen LogP contribution is 2.41. The summed E-state index contributed by atoms with van der Waals surface area (Å²) >= 11 is 1.51. The molecule has 3 aromatic rings. The molecule has 0 spiro atoms. The highest BCUT2D eigenvalue weighted by atomic mass is 32.1. The van der Waals surface area contributed by atoms with Crippen molar-refractivity contribution >= 4 is 17.2 Å². The topological polar surface area (TPSA) is 78.9 Å². The number of carbonyl (C=O) groups is 1. The first-order valence-corrected chi connectivity index (χ1v) is 11.3. The molecule has 0 unspecified atom stereocenters. The van der Waals surface area contributed by atoms with Crippen LogP contribution in [0.2, 0.25) is 0 Å². The van der Waals surface area contributed by atoms with Gasteiger partial charge in [-0.25, -0.2) is 4.98 Å². The third-order valence-corrected chi connectivity index (χ3v) is 5.62. The number of ether oxygens (including phenoxy) is 4. The lowest BCUT2D eigenvalue weighted by atomic mass is 10.0. The molecule has 0 saturated carbocycles. The Balaban J connectivity index is 1.30. The van der Waals surface area contributed by atoms with Crippen LogP contribution in [0, 0.1) is 0 Å². The number of hydrogen-bond donors (Lipinski definition) is 1. The predicted molar refractivity (Wildman–Crippen MR) is 122 cm³/mol. The number of carbonyl (C=O) groups excluding carboxylic acids is 1. The number of nitrogens with zero attached hydrogens (tertiary/aromatic N) is 1. The fourth-order valence-electron chi connectivity index (χ4n) is 3.52. The minimum absolute atomic E-state index is 0.214. The first-order chi connectivity index (χ1) is 15.4. The van der Waals surface area contributed by atoms with Gasteiger partial charge in [0.2, 0.25) is 0 Å². The molecule has 4 rings (SSSR count). The van der Waals surface area contributed by atoms with Crippen molar-refractivity contribution in [2.24, 2.45) is 0 Å². The Labute approximate surface area is 191 Å². The number of aromatic nitrogens is 1.